The van der Waals surface area contributed by atoms with Crippen LogP contribution in [0.5, 0.6) is 0 Å². The fourth-order valence-electron chi connectivity index (χ4n) is 3.67. The van der Waals surface area contributed by atoms with Crippen LogP contribution in [0.2, 0.25) is 5.02 Å². The van der Waals surface area contributed by atoms with Crippen molar-refractivity contribution in [3.63, 3.8) is 0 Å². The maximum atomic E-state index is 13.3. The van der Waals surface area contributed by atoms with Gasteiger partial charge >= 0.3 is 6.18 Å². The van der Waals surface area contributed by atoms with E-state index in [-0.39, 0.29) is 12.1 Å². The molecule has 1 amide bonds. The SMILES string of the molecule is [B]c1cnn2c(NCCCN(C)C(=O)c3ccccc3C(F)(F)F)cc(-c3ccccc3Cl)nc12. The molecule has 2 aromatic heterocycles. The molecule has 0 bridgehead atoms. The second-order valence-electron chi connectivity index (χ2n) is 7.89. The standard InChI is InChI=1S/C24H20BClF3N5O/c1-33(23(35)15-7-2-4-9-17(15)24(27,28)29)12-6-11-30-21-13-20(16-8-3-5-10-19(16)26)32-22-18(25)14-31-34(21)22/h2-5,7-10,13-14,30H,6,11-12H2,1H3. The first-order valence-electron chi connectivity index (χ1n) is 10.7. The van der Waals surface area contributed by atoms with Gasteiger partial charge in [0.2, 0.25) is 0 Å². The van der Waals surface area contributed by atoms with Crippen molar-refractivity contribution >= 4 is 42.3 Å². The number of carbonyl (C=O) groups excluding carboxylic acids is 1. The molecule has 0 atom stereocenters. The summed E-state index contributed by atoms with van der Waals surface area (Å²) in [5, 5.41) is 8.03. The Balaban J connectivity index is 1.46. The van der Waals surface area contributed by atoms with Gasteiger partial charge in [0.05, 0.1) is 16.8 Å². The van der Waals surface area contributed by atoms with E-state index in [0.717, 1.165) is 11.6 Å². The lowest BCUT2D eigenvalue weighted by Gasteiger charge is -2.20. The van der Waals surface area contributed by atoms with Gasteiger partial charge < -0.3 is 10.2 Å². The largest absolute Gasteiger partial charge is 0.417 e. The number of fused-ring (bicyclic) bond motifs is 1. The summed E-state index contributed by atoms with van der Waals surface area (Å²) in [6.07, 6.45) is -2.64. The number of anilines is 1. The minimum absolute atomic E-state index is 0.241. The van der Waals surface area contributed by atoms with E-state index in [2.05, 4.69) is 15.4 Å². The molecule has 0 aliphatic carbocycles. The molecule has 0 unspecified atom stereocenters. The third-order valence-corrected chi connectivity index (χ3v) is 5.76. The van der Waals surface area contributed by atoms with Crippen LogP contribution >= 0.6 is 11.6 Å². The third-order valence-electron chi connectivity index (χ3n) is 5.43. The number of amides is 1. The van der Waals surface area contributed by atoms with Gasteiger partial charge in [-0.15, -0.1) is 0 Å². The molecule has 2 aromatic carbocycles. The molecular weight excluding hydrogens is 478 g/mol. The van der Waals surface area contributed by atoms with Gasteiger partial charge in [-0.05, 0) is 30.1 Å². The van der Waals surface area contributed by atoms with Crippen LogP contribution in [-0.4, -0.2) is 53.4 Å². The first kappa shape index (κ1) is 24.6. The molecule has 6 nitrogen and oxygen atoms in total. The Hall–Kier alpha value is -3.53. The van der Waals surface area contributed by atoms with Crippen LogP contribution in [0.4, 0.5) is 19.0 Å². The minimum Gasteiger partial charge on any atom is -0.370 e. The summed E-state index contributed by atoms with van der Waals surface area (Å²) in [5.41, 5.74) is 0.875. The highest BCUT2D eigenvalue weighted by atomic mass is 35.5. The second-order valence-corrected chi connectivity index (χ2v) is 8.30. The highest BCUT2D eigenvalue weighted by Crippen LogP contribution is 2.32. The Morgan fingerprint density at radius 2 is 1.89 bits per heavy atom. The van der Waals surface area contributed by atoms with Crippen molar-refractivity contribution in [1.29, 1.82) is 0 Å². The average Bonchev–Trinajstić information content (AvgIpc) is 3.21. The summed E-state index contributed by atoms with van der Waals surface area (Å²) < 4.78 is 41.4. The molecule has 4 aromatic rings. The van der Waals surface area contributed by atoms with Crippen LogP contribution in [0, 0.1) is 0 Å². The van der Waals surface area contributed by atoms with Crippen LogP contribution in [0.25, 0.3) is 16.9 Å². The molecule has 0 aliphatic heterocycles. The lowest BCUT2D eigenvalue weighted by atomic mass is 10.0. The summed E-state index contributed by atoms with van der Waals surface area (Å²) >= 11 is 6.34. The van der Waals surface area contributed by atoms with Gasteiger partial charge in [-0.3, -0.25) is 4.79 Å². The fourth-order valence-corrected chi connectivity index (χ4v) is 3.90. The van der Waals surface area contributed by atoms with Gasteiger partial charge in [-0.1, -0.05) is 41.9 Å². The lowest BCUT2D eigenvalue weighted by molar-refractivity contribution is -0.138. The molecule has 1 N–H and O–H groups in total. The third kappa shape index (κ3) is 5.27. The van der Waals surface area contributed by atoms with Crippen molar-refractivity contribution in [2.75, 3.05) is 25.5 Å². The van der Waals surface area contributed by atoms with Crippen LogP contribution in [-0.2, 0) is 6.18 Å². The van der Waals surface area contributed by atoms with Crippen molar-refractivity contribution in [2.45, 2.75) is 12.6 Å². The number of alkyl halides is 3. The van der Waals surface area contributed by atoms with Crippen molar-refractivity contribution < 1.29 is 18.0 Å². The lowest BCUT2D eigenvalue weighted by Crippen LogP contribution is -2.30. The van der Waals surface area contributed by atoms with Gasteiger partial charge in [-0.25, -0.2) is 4.98 Å². The Morgan fingerprint density at radius 1 is 1.17 bits per heavy atom. The molecule has 2 radical (unpaired) electrons. The van der Waals surface area contributed by atoms with E-state index < -0.39 is 17.6 Å². The highest BCUT2D eigenvalue weighted by molar-refractivity contribution is 6.36. The van der Waals surface area contributed by atoms with E-state index in [9.17, 15) is 18.0 Å². The minimum atomic E-state index is -4.60. The number of hydrogen-bond acceptors (Lipinski definition) is 4. The quantitative estimate of drug-likeness (QED) is 0.303. The van der Waals surface area contributed by atoms with Crippen LogP contribution in [0.15, 0.2) is 60.8 Å². The first-order valence-corrected chi connectivity index (χ1v) is 11.1. The van der Waals surface area contributed by atoms with E-state index in [0.29, 0.717) is 40.6 Å². The zero-order valence-electron chi connectivity index (χ0n) is 18.7. The maximum absolute atomic E-state index is 13.3. The number of carbonyl (C=O) groups is 1. The Labute approximate surface area is 206 Å². The van der Waals surface area contributed by atoms with Gasteiger partial charge in [0, 0.05) is 43.0 Å². The molecule has 0 spiro atoms. The highest BCUT2D eigenvalue weighted by Gasteiger charge is 2.35. The Kier molecular flexibility index (Phi) is 7.02. The van der Waals surface area contributed by atoms with E-state index in [1.165, 1.54) is 36.3 Å². The van der Waals surface area contributed by atoms with E-state index in [1.807, 2.05) is 18.2 Å². The van der Waals surface area contributed by atoms with Crippen molar-refractivity contribution in [3.8, 4) is 11.3 Å². The normalized spacial score (nSPS) is 11.6. The smallest absolute Gasteiger partial charge is 0.370 e. The topological polar surface area (TPSA) is 62.5 Å². The summed E-state index contributed by atoms with van der Waals surface area (Å²) in [6.45, 7) is 0.657. The first-order chi connectivity index (χ1) is 16.7. The van der Waals surface area contributed by atoms with Crippen LogP contribution in [0.3, 0.4) is 0 Å². The number of benzene rings is 2. The molecule has 0 saturated heterocycles. The molecular formula is C24H20BClF3N5O. The summed E-state index contributed by atoms with van der Waals surface area (Å²) in [6, 6.07) is 13.8. The molecule has 11 heteroatoms. The van der Waals surface area contributed by atoms with E-state index in [1.54, 1.807) is 16.6 Å². The van der Waals surface area contributed by atoms with Gasteiger partial charge in [-0.2, -0.15) is 22.8 Å². The molecule has 0 aliphatic rings. The number of aromatic nitrogens is 3. The number of nitrogens with zero attached hydrogens (tertiary/aromatic N) is 4. The van der Waals surface area contributed by atoms with Gasteiger partial charge in [0.15, 0.2) is 5.65 Å². The summed E-state index contributed by atoms with van der Waals surface area (Å²) in [5.74, 6) is -0.0805. The zero-order valence-corrected chi connectivity index (χ0v) is 19.4. The molecule has 2 heterocycles. The maximum Gasteiger partial charge on any atom is 0.417 e. The monoisotopic (exact) mass is 497 g/mol. The Morgan fingerprint density at radius 3 is 2.63 bits per heavy atom. The predicted octanol–water partition coefficient (Wildman–Crippen LogP) is 4.44. The Bertz CT molecular complexity index is 1380. The number of halogens is 4. The van der Waals surface area contributed by atoms with E-state index >= 15 is 0 Å². The predicted molar refractivity (Wildman–Crippen MR) is 130 cm³/mol. The number of rotatable bonds is 7. The molecule has 4 rings (SSSR count). The average molecular weight is 498 g/mol. The summed E-state index contributed by atoms with van der Waals surface area (Å²) in [4.78, 5) is 18.5. The second kappa shape index (κ2) is 9.99. The van der Waals surface area contributed by atoms with Gasteiger partial charge in [0.1, 0.15) is 13.7 Å². The van der Waals surface area contributed by atoms with E-state index in [4.69, 9.17) is 19.4 Å². The molecule has 178 valence electrons. The van der Waals surface area contributed by atoms with Crippen LogP contribution in [0.1, 0.15) is 22.3 Å². The van der Waals surface area contributed by atoms with Gasteiger partial charge in [0.25, 0.3) is 5.91 Å². The van der Waals surface area contributed by atoms with Crippen molar-refractivity contribution in [3.05, 3.63) is 76.9 Å². The number of nitrogens with one attached hydrogen (secondary N) is 1. The molecule has 0 fully saturated rings. The van der Waals surface area contributed by atoms with Crippen molar-refractivity contribution in [2.24, 2.45) is 0 Å². The summed E-state index contributed by atoms with van der Waals surface area (Å²) in [7, 11) is 7.50. The van der Waals surface area contributed by atoms with Crippen molar-refractivity contribution in [1.82, 2.24) is 19.5 Å². The molecule has 0 saturated carbocycles. The number of hydrogen-bond donors (Lipinski definition) is 1. The fraction of sp³-hybridized carbons (Fsp3) is 0.208. The zero-order chi connectivity index (χ0) is 25.2. The molecule has 35 heavy (non-hydrogen) atoms. The van der Waals surface area contributed by atoms with Crippen LogP contribution < -0.4 is 10.8 Å².